The van der Waals surface area contributed by atoms with Gasteiger partial charge in [0.15, 0.2) is 17.6 Å². The van der Waals surface area contributed by atoms with Crippen molar-refractivity contribution >= 4 is 23.6 Å². The highest BCUT2D eigenvalue weighted by atomic mass is 16.5. The molecule has 2 aromatic rings. The number of rotatable bonds is 8. The molecule has 0 saturated carbocycles. The summed E-state index contributed by atoms with van der Waals surface area (Å²) in [6, 6.07) is 5.31. The van der Waals surface area contributed by atoms with E-state index in [-0.39, 0.29) is 0 Å². The average Bonchev–Trinajstić information content (AvgIpc) is 2.93. The van der Waals surface area contributed by atoms with E-state index in [1.54, 1.807) is 50.0 Å². The number of carbonyl (C=O) groups is 2. The van der Waals surface area contributed by atoms with Gasteiger partial charge in [-0.25, -0.2) is 4.79 Å². The normalized spacial score (nSPS) is 11.9. The molecule has 0 fully saturated rings. The fourth-order valence-corrected chi connectivity index (χ4v) is 2.67. The Balaban J connectivity index is 1.98. The Labute approximate surface area is 170 Å². The van der Waals surface area contributed by atoms with Crippen LogP contribution in [0.2, 0.25) is 0 Å². The van der Waals surface area contributed by atoms with Gasteiger partial charge in [-0.1, -0.05) is 6.07 Å². The number of anilines is 1. The molecule has 8 heteroatoms. The maximum absolute atomic E-state index is 12.3. The van der Waals surface area contributed by atoms with Crippen LogP contribution >= 0.6 is 0 Å². The quantitative estimate of drug-likeness (QED) is 0.540. The number of benzene rings is 1. The van der Waals surface area contributed by atoms with Crippen molar-refractivity contribution in [2.75, 3.05) is 19.0 Å². The van der Waals surface area contributed by atoms with Crippen molar-refractivity contribution in [2.45, 2.75) is 33.8 Å². The third-order valence-electron chi connectivity index (χ3n) is 4.32. The molecule has 0 spiro atoms. The lowest BCUT2D eigenvalue weighted by atomic mass is 10.2. The van der Waals surface area contributed by atoms with Crippen LogP contribution in [-0.4, -0.2) is 41.5 Å². The van der Waals surface area contributed by atoms with Gasteiger partial charge in [0, 0.05) is 13.1 Å². The predicted molar refractivity (Wildman–Crippen MR) is 110 cm³/mol. The molecule has 0 radical (unpaired) electrons. The molecule has 0 aliphatic carbocycles. The van der Waals surface area contributed by atoms with E-state index in [0.717, 1.165) is 11.3 Å². The fraction of sp³-hybridized carbons (Fsp3) is 0.381. The Kier molecular flexibility index (Phi) is 7.41. The lowest BCUT2D eigenvalue weighted by molar-refractivity contribution is -0.148. The molecule has 1 aromatic carbocycles. The van der Waals surface area contributed by atoms with Crippen LogP contribution in [0.1, 0.15) is 30.8 Å². The number of methoxy groups -OCH3 is 1. The second-order valence-corrected chi connectivity index (χ2v) is 6.41. The van der Waals surface area contributed by atoms with Crippen molar-refractivity contribution in [3.63, 3.8) is 0 Å². The number of esters is 1. The molecule has 0 aliphatic rings. The summed E-state index contributed by atoms with van der Waals surface area (Å²) in [5, 5.41) is 7.00. The summed E-state index contributed by atoms with van der Waals surface area (Å²) in [6.45, 7) is 7.57. The summed E-state index contributed by atoms with van der Waals surface area (Å²) in [5.74, 6) is 0.146. The van der Waals surface area contributed by atoms with Crippen LogP contribution in [0.15, 0.2) is 24.3 Å². The topological polar surface area (TPSA) is 91.7 Å². The van der Waals surface area contributed by atoms with Gasteiger partial charge in [0.05, 0.1) is 30.8 Å². The van der Waals surface area contributed by atoms with Crippen molar-refractivity contribution < 1.29 is 23.8 Å². The second-order valence-electron chi connectivity index (χ2n) is 6.41. The number of amides is 1. The molecule has 1 atom stereocenters. The van der Waals surface area contributed by atoms with E-state index in [2.05, 4.69) is 10.4 Å². The van der Waals surface area contributed by atoms with Gasteiger partial charge in [0.25, 0.3) is 5.91 Å². The first-order chi connectivity index (χ1) is 13.8. The van der Waals surface area contributed by atoms with Gasteiger partial charge in [-0.05, 0) is 51.5 Å². The summed E-state index contributed by atoms with van der Waals surface area (Å²) < 4.78 is 17.6. The Bertz CT molecular complexity index is 917. The van der Waals surface area contributed by atoms with Crippen LogP contribution in [0, 0.1) is 13.8 Å². The minimum absolute atomic E-state index is 0.423. The van der Waals surface area contributed by atoms with Gasteiger partial charge in [-0.2, -0.15) is 5.10 Å². The number of nitrogens with one attached hydrogen (secondary N) is 1. The van der Waals surface area contributed by atoms with Crippen LogP contribution in [0.3, 0.4) is 0 Å². The van der Waals surface area contributed by atoms with Crippen molar-refractivity contribution in [3.8, 4) is 11.5 Å². The van der Waals surface area contributed by atoms with Crippen LogP contribution in [0.4, 0.5) is 5.69 Å². The van der Waals surface area contributed by atoms with Crippen LogP contribution in [-0.2, 0) is 21.4 Å². The zero-order valence-electron chi connectivity index (χ0n) is 17.6. The largest absolute Gasteiger partial charge is 0.493 e. The predicted octanol–water partition coefficient (Wildman–Crippen LogP) is 3.03. The molecule has 0 saturated heterocycles. The first-order valence-corrected chi connectivity index (χ1v) is 9.27. The van der Waals surface area contributed by atoms with Crippen molar-refractivity contribution in [1.82, 2.24) is 9.78 Å². The molecule has 0 unspecified atom stereocenters. The van der Waals surface area contributed by atoms with Crippen molar-refractivity contribution in [3.05, 3.63) is 41.2 Å². The summed E-state index contributed by atoms with van der Waals surface area (Å²) in [4.78, 5) is 24.4. The maximum Gasteiger partial charge on any atom is 0.331 e. The highest BCUT2D eigenvalue weighted by Gasteiger charge is 2.20. The Morgan fingerprint density at radius 1 is 1.28 bits per heavy atom. The minimum Gasteiger partial charge on any atom is -0.493 e. The molecule has 1 amide bonds. The standard InChI is InChI=1S/C21H27N3O5/c1-7-28-17-10-8-16(12-18(17)27-6)9-11-19(25)29-15(4)21(26)22-20-13(2)23-24(5)14(20)3/h8-12,15H,7H2,1-6H3,(H,22,26)/b11-9+/t15-/m0/s1. The van der Waals surface area contributed by atoms with Gasteiger partial charge in [-0.15, -0.1) is 0 Å². The molecule has 1 aromatic heterocycles. The van der Waals surface area contributed by atoms with Crippen LogP contribution < -0.4 is 14.8 Å². The van der Waals surface area contributed by atoms with Gasteiger partial charge >= 0.3 is 5.97 Å². The number of aryl methyl sites for hydroxylation is 2. The number of aromatic nitrogens is 2. The number of hydrogen-bond donors (Lipinski definition) is 1. The highest BCUT2D eigenvalue weighted by molar-refractivity contribution is 5.97. The van der Waals surface area contributed by atoms with E-state index in [1.807, 2.05) is 13.8 Å². The van der Waals surface area contributed by atoms with E-state index in [4.69, 9.17) is 14.2 Å². The number of hydrogen-bond acceptors (Lipinski definition) is 6. The van der Waals surface area contributed by atoms with Gasteiger partial charge in [-0.3, -0.25) is 9.48 Å². The molecule has 0 aliphatic heterocycles. The van der Waals surface area contributed by atoms with E-state index in [1.165, 1.54) is 13.0 Å². The lowest BCUT2D eigenvalue weighted by Crippen LogP contribution is -2.29. The van der Waals surface area contributed by atoms with Crippen molar-refractivity contribution in [2.24, 2.45) is 7.05 Å². The third kappa shape index (κ3) is 5.60. The zero-order chi connectivity index (χ0) is 21.6. The summed E-state index contributed by atoms with van der Waals surface area (Å²) in [6.07, 6.45) is 1.89. The van der Waals surface area contributed by atoms with E-state index < -0.39 is 18.0 Å². The maximum atomic E-state index is 12.3. The number of carbonyl (C=O) groups excluding carboxylic acids is 2. The van der Waals surface area contributed by atoms with Gasteiger partial charge in [0.2, 0.25) is 0 Å². The first-order valence-electron chi connectivity index (χ1n) is 9.27. The van der Waals surface area contributed by atoms with Crippen molar-refractivity contribution in [1.29, 1.82) is 0 Å². The highest BCUT2D eigenvalue weighted by Crippen LogP contribution is 2.28. The second kappa shape index (κ2) is 9.77. The monoisotopic (exact) mass is 401 g/mol. The van der Waals surface area contributed by atoms with E-state index in [9.17, 15) is 9.59 Å². The molecular weight excluding hydrogens is 374 g/mol. The fourth-order valence-electron chi connectivity index (χ4n) is 2.67. The minimum atomic E-state index is -0.957. The summed E-state index contributed by atoms with van der Waals surface area (Å²) >= 11 is 0. The number of ether oxygens (including phenoxy) is 3. The Hall–Kier alpha value is -3.29. The SMILES string of the molecule is CCOc1ccc(/C=C/C(=O)O[C@@H](C)C(=O)Nc2c(C)nn(C)c2C)cc1OC. The Morgan fingerprint density at radius 2 is 2.00 bits per heavy atom. The smallest absolute Gasteiger partial charge is 0.331 e. The molecule has 1 N–H and O–H groups in total. The van der Waals surface area contributed by atoms with Crippen LogP contribution in [0.25, 0.3) is 6.08 Å². The molecule has 29 heavy (non-hydrogen) atoms. The summed E-state index contributed by atoms with van der Waals surface area (Å²) in [5.41, 5.74) is 2.87. The van der Waals surface area contributed by atoms with E-state index >= 15 is 0 Å². The molecule has 2 rings (SSSR count). The molecule has 156 valence electrons. The number of nitrogens with zero attached hydrogens (tertiary/aromatic N) is 2. The molecule has 1 heterocycles. The summed E-state index contributed by atoms with van der Waals surface area (Å²) in [7, 11) is 3.34. The Morgan fingerprint density at radius 3 is 2.59 bits per heavy atom. The molecule has 8 nitrogen and oxygen atoms in total. The van der Waals surface area contributed by atoms with Gasteiger partial charge < -0.3 is 19.5 Å². The third-order valence-corrected chi connectivity index (χ3v) is 4.32. The van der Waals surface area contributed by atoms with Gasteiger partial charge in [0.1, 0.15) is 0 Å². The van der Waals surface area contributed by atoms with Crippen LogP contribution in [0.5, 0.6) is 11.5 Å². The zero-order valence-corrected chi connectivity index (χ0v) is 17.6. The lowest BCUT2D eigenvalue weighted by Gasteiger charge is -2.12. The first kappa shape index (κ1) is 22.0. The molecule has 0 bridgehead atoms. The van der Waals surface area contributed by atoms with E-state index in [0.29, 0.717) is 29.5 Å². The average molecular weight is 401 g/mol. The molecular formula is C21H27N3O5.